The van der Waals surface area contributed by atoms with Gasteiger partial charge in [0, 0.05) is 18.0 Å². The molecule has 33 heavy (non-hydrogen) atoms. The van der Waals surface area contributed by atoms with Gasteiger partial charge in [0.05, 0.1) is 12.2 Å². The maximum Gasteiger partial charge on any atom is 0.404 e. The summed E-state index contributed by atoms with van der Waals surface area (Å²) in [5, 5.41) is 0. The third-order valence-electron chi connectivity index (χ3n) is 4.30. The third-order valence-corrected chi connectivity index (χ3v) is 6.00. The minimum absolute atomic E-state index is 0.0556. The first-order chi connectivity index (χ1) is 15.4. The van der Waals surface area contributed by atoms with Crippen LogP contribution in [0.15, 0.2) is 67.0 Å². The Kier molecular flexibility index (Phi) is 6.86. The number of alkyl halides is 3. The maximum atomic E-state index is 14.1. The molecule has 0 radical (unpaired) electrons. The number of carbonyl (C=O) groups excluding carboxylic acids is 1. The largest absolute Gasteiger partial charge is 0.454 e. The Balaban J connectivity index is 1.88. The normalized spacial score (nSPS) is 11.8. The second kappa shape index (κ2) is 9.45. The standard InChI is InChI=1S/C21H17F4N3O4S/c22-18-10-15(20(26)29)3-8-19(18)32-17-6-4-16(5-7-17)28(12-14-2-1-9-27-11-14)33(30,31)13-21(23,24)25/h1-11H,12-13H2,(H2,26,29). The summed E-state index contributed by atoms with van der Waals surface area (Å²) in [5.74, 6) is -3.88. The van der Waals surface area contributed by atoms with Gasteiger partial charge in [0.25, 0.3) is 0 Å². The lowest BCUT2D eigenvalue weighted by Gasteiger charge is -2.25. The van der Waals surface area contributed by atoms with Gasteiger partial charge in [0.15, 0.2) is 17.3 Å². The summed E-state index contributed by atoms with van der Waals surface area (Å²) in [7, 11) is -4.79. The van der Waals surface area contributed by atoms with Crippen LogP contribution >= 0.6 is 0 Å². The van der Waals surface area contributed by atoms with E-state index in [0.717, 1.165) is 6.07 Å². The molecule has 0 spiro atoms. The van der Waals surface area contributed by atoms with E-state index in [2.05, 4.69) is 4.98 Å². The number of hydrogen-bond donors (Lipinski definition) is 1. The predicted octanol–water partition coefficient (Wildman–Crippen LogP) is 4.01. The molecule has 0 aliphatic carbocycles. The third kappa shape index (κ3) is 6.42. The van der Waals surface area contributed by atoms with Crippen LogP contribution in [-0.2, 0) is 16.6 Å². The highest BCUT2D eigenvalue weighted by molar-refractivity contribution is 7.92. The Morgan fingerprint density at radius 3 is 2.33 bits per heavy atom. The number of aromatic nitrogens is 1. The van der Waals surface area contributed by atoms with Crippen LogP contribution in [0.4, 0.5) is 23.2 Å². The van der Waals surface area contributed by atoms with E-state index in [1.54, 1.807) is 0 Å². The number of amides is 1. The zero-order chi connectivity index (χ0) is 24.2. The summed E-state index contributed by atoms with van der Waals surface area (Å²) in [6.07, 6.45) is -2.16. The second-order valence-corrected chi connectivity index (χ2v) is 8.74. The van der Waals surface area contributed by atoms with Gasteiger partial charge in [-0.25, -0.2) is 12.8 Å². The first kappa shape index (κ1) is 24.0. The van der Waals surface area contributed by atoms with Crippen molar-refractivity contribution in [2.24, 2.45) is 5.73 Å². The van der Waals surface area contributed by atoms with E-state index >= 15 is 0 Å². The van der Waals surface area contributed by atoms with Gasteiger partial charge in [-0.1, -0.05) is 6.07 Å². The molecule has 1 heterocycles. The predicted molar refractivity (Wildman–Crippen MR) is 112 cm³/mol. The molecule has 2 N–H and O–H groups in total. The van der Waals surface area contributed by atoms with E-state index in [9.17, 15) is 30.8 Å². The molecule has 0 saturated carbocycles. The number of sulfonamides is 1. The Morgan fingerprint density at radius 1 is 1.09 bits per heavy atom. The molecule has 0 saturated heterocycles. The van der Waals surface area contributed by atoms with Crippen LogP contribution in [0.5, 0.6) is 11.5 Å². The van der Waals surface area contributed by atoms with Crippen LogP contribution in [-0.4, -0.2) is 31.2 Å². The van der Waals surface area contributed by atoms with Gasteiger partial charge >= 0.3 is 6.18 Å². The topological polar surface area (TPSA) is 103 Å². The highest BCUT2D eigenvalue weighted by Crippen LogP contribution is 2.30. The molecule has 174 valence electrons. The van der Waals surface area contributed by atoms with Gasteiger partial charge in [-0.15, -0.1) is 0 Å². The summed E-state index contributed by atoms with van der Waals surface area (Å²) < 4.78 is 83.8. The molecular weight excluding hydrogens is 466 g/mol. The van der Waals surface area contributed by atoms with Crippen LogP contribution in [0, 0.1) is 5.82 Å². The van der Waals surface area contributed by atoms with Crippen molar-refractivity contribution >= 4 is 21.6 Å². The number of pyridine rings is 1. The lowest BCUT2D eigenvalue weighted by molar-refractivity contribution is -0.106. The quantitative estimate of drug-likeness (QED) is 0.488. The number of halogens is 4. The van der Waals surface area contributed by atoms with E-state index < -0.39 is 33.7 Å². The molecule has 2 aromatic carbocycles. The van der Waals surface area contributed by atoms with Crippen LogP contribution in [0.1, 0.15) is 15.9 Å². The molecule has 0 aliphatic heterocycles. The van der Waals surface area contributed by atoms with E-state index in [4.69, 9.17) is 10.5 Å². The van der Waals surface area contributed by atoms with Gasteiger partial charge in [0.2, 0.25) is 15.9 Å². The summed E-state index contributed by atoms with van der Waals surface area (Å²) in [4.78, 5) is 15.0. The summed E-state index contributed by atoms with van der Waals surface area (Å²) in [6.45, 7) is -0.379. The summed E-state index contributed by atoms with van der Waals surface area (Å²) in [6, 6.07) is 11.4. The van der Waals surface area contributed by atoms with Gasteiger partial charge in [-0.3, -0.25) is 14.1 Å². The molecule has 1 amide bonds. The van der Waals surface area contributed by atoms with Gasteiger partial charge in [-0.2, -0.15) is 13.2 Å². The number of nitrogens with zero attached hydrogens (tertiary/aromatic N) is 2. The van der Waals surface area contributed by atoms with E-state index in [0.29, 0.717) is 9.87 Å². The fraction of sp³-hybridized carbons (Fsp3) is 0.143. The summed E-state index contributed by atoms with van der Waals surface area (Å²) in [5.41, 5.74) is 5.34. The first-order valence-electron chi connectivity index (χ1n) is 9.28. The van der Waals surface area contributed by atoms with Crippen molar-refractivity contribution in [3.05, 3.63) is 83.9 Å². The number of benzene rings is 2. The number of nitrogens with two attached hydrogens (primary N) is 1. The molecule has 0 bridgehead atoms. The van der Waals surface area contributed by atoms with Crippen LogP contribution in [0.25, 0.3) is 0 Å². The monoisotopic (exact) mass is 483 g/mol. The smallest absolute Gasteiger partial charge is 0.404 e. The van der Waals surface area contributed by atoms with Crippen molar-refractivity contribution in [2.75, 3.05) is 10.1 Å². The number of ether oxygens (including phenoxy) is 1. The summed E-state index contributed by atoms with van der Waals surface area (Å²) >= 11 is 0. The SMILES string of the molecule is NC(=O)c1ccc(Oc2ccc(N(Cc3cccnc3)S(=O)(=O)CC(F)(F)F)cc2)c(F)c1. The zero-order valence-corrected chi connectivity index (χ0v) is 17.6. The van der Waals surface area contributed by atoms with Crippen molar-refractivity contribution in [1.82, 2.24) is 4.98 Å². The number of primary amides is 1. The first-order valence-corrected chi connectivity index (χ1v) is 10.9. The van der Waals surface area contributed by atoms with Crippen LogP contribution < -0.4 is 14.8 Å². The average molecular weight is 483 g/mol. The van der Waals surface area contributed by atoms with Gasteiger partial charge in [-0.05, 0) is 54.1 Å². The highest BCUT2D eigenvalue weighted by atomic mass is 32.2. The maximum absolute atomic E-state index is 14.1. The van der Waals surface area contributed by atoms with Crippen molar-refractivity contribution in [2.45, 2.75) is 12.7 Å². The van der Waals surface area contributed by atoms with E-state index in [-0.39, 0.29) is 29.3 Å². The fourth-order valence-electron chi connectivity index (χ4n) is 2.84. The number of carbonyl (C=O) groups is 1. The van der Waals surface area contributed by atoms with Crippen LogP contribution in [0.2, 0.25) is 0 Å². The minimum atomic E-state index is -4.94. The van der Waals surface area contributed by atoms with Crippen molar-refractivity contribution < 1.29 is 35.5 Å². The van der Waals surface area contributed by atoms with Crippen molar-refractivity contribution in [3.8, 4) is 11.5 Å². The number of anilines is 1. The van der Waals surface area contributed by atoms with Crippen molar-refractivity contribution in [3.63, 3.8) is 0 Å². The minimum Gasteiger partial charge on any atom is -0.454 e. The second-order valence-electron chi connectivity index (χ2n) is 6.84. The van der Waals surface area contributed by atoms with E-state index in [1.165, 1.54) is 60.9 Å². The average Bonchev–Trinajstić information content (AvgIpc) is 2.73. The molecule has 0 unspecified atom stereocenters. The molecule has 12 heteroatoms. The molecule has 7 nitrogen and oxygen atoms in total. The highest BCUT2D eigenvalue weighted by Gasteiger charge is 2.38. The van der Waals surface area contributed by atoms with Crippen LogP contribution in [0.3, 0.4) is 0 Å². The Morgan fingerprint density at radius 2 is 1.79 bits per heavy atom. The van der Waals surface area contributed by atoms with E-state index in [1.807, 2.05) is 0 Å². The van der Waals surface area contributed by atoms with Crippen molar-refractivity contribution in [1.29, 1.82) is 0 Å². The lowest BCUT2D eigenvalue weighted by Crippen LogP contribution is -2.37. The number of hydrogen-bond acceptors (Lipinski definition) is 5. The molecule has 3 rings (SSSR count). The zero-order valence-electron chi connectivity index (χ0n) is 16.8. The molecule has 0 atom stereocenters. The molecule has 1 aromatic heterocycles. The Labute approximate surface area is 186 Å². The van der Waals surface area contributed by atoms with Gasteiger partial charge in [0.1, 0.15) is 5.75 Å². The number of rotatable bonds is 8. The Bertz CT molecular complexity index is 1230. The molecule has 0 aliphatic rings. The fourth-order valence-corrected chi connectivity index (χ4v) is 4.19. The lowest BCUT2D eigenvalue weighted by atomic mass is 10.2. The Hall–Kier alpha value is -3.67. The van der Waals surface area contributed by atoms with Gasteiger partial charge < -0.3 is 10.5 Å². The molecular formula is C21H17F4N3O4S. The molecule has 0 fully saturated rings. The molecule has 3 aromatic rings.